The number of hydrogen-bond acceptors (Lipinski definition) is 3. The molecule has 0 saturated carbocycles. The highest BCUT2D eigenvalue weighted by molar-refractivity contribution is 14.0. The molecule has 1 aliphatic rings. The van der Waals surface area contributed by atoms with Crippen molar-refractivity contribution in [2.75, 3.05) is 46.8 Å². The average molecular weight is 479 g/mol. The number of carbonyl (C=O) groups is 1. The predicted octanol–water partition coefficient (Wildman–Crippen LogP) is 1.66. The van der Waals surface area contributed by atoms with Crippen LogP contribution in [0.4, 0.5) is 13.2 Å². The van der Waals surface area contributed by atoms with Crippen molar-refractivity contribution in [2.24, 2.45) is 4.99 Å². The van der Waals surface area contributed by atoms with E-state index in [-0.39, 0.29) is 36.6 Å². The summed E-state index contributed by atoms with van der Waals surface area (Å²) < 4.78 is 36.8. The van der Waals surface area contributed by atoms with Gasteiger partial charge in [-0.15, -0.1) is 24.0 Å². The van der Waals surface area contributed by atoms with Gasteiger partial charge in [0.05, 0.1) is 6.54 Å². The molecule has 0 atom stereocenters. The van der Waals surface area contributed by atoms with Gasteiger partial charge in [0.25, 0.3) is 0 Å². The van der Waals surface area contributed by atoms with Crippen LogP contribution < -0.4 is 10.6 Å². The molecule has 0 spiro atoms. The number of alkyl halides is 3. The van der Waals surface area contributed by atoms with E-state index in [1.54, 1.807) is 7.05 Å². The Morgan fingerprint density at radius 3 is 2.40 bits per heavy atom. The van der Waals surface area contributed by atoms with Crippen molar-refractivity contribution in [2.45, 2.75) is 38.4 Å². The van der Waals surface area contributed by atoms with Crippen molar-refractivity contribution in [3.8, 4) is 0 Å². The zero-order valence-electron chi connectivity index (χ0n) is 15.0. The third-order valence-electron chi connectivity index (χ3n) is 3.94. The second-order valence-corrected chi connectivity index (χ2v) is 6.05. The normalized spacial score (nSPS) is 17.0. The molecule has 0 aliphatic carbocycles. The minimum atomic E-state index is -4.39. The van der Waals surface area contributed by atoms with Crippen molar-refractivity contribution in [1.82, 2.24) is 20.4 Å². The minimum absolute atomic E-state index is 0. The predicted molar refractivity (Wildman–Crippen MR) is 103 cm³/mol. The van der Waals surface area contributed by atoms with Crippen LogP contribution in [0, 0.1) is 0 Å². The highest BCUT2D eigenvalue weighted by atomic mass is 127. The summed E-state index contributed by atoms with van der Waals surface area (Å²) in [5.41, 5.74) is 0. The van der Waals surface area contributed by atoms with Crippen LogP contribution in [0.2, 0.25) is 0 Å². The van der Waals surface area contributed by atoms with E-state index in [2.05, 4.69) is 27.4 Å². The van der Waals surface area contributed by atoms with E-state index in [0.29, 0.717) is 10.9 Å². The van der Waals surface area contributed by atoms with Crippen LogP contribution >= 0.6 is 24.0 Å². The third kappa shape index (κ3) is 10.1. The molecule has 1 aliphatic heterocycles. The number of likely N-dealkylation sites (tertiary alicyclic amines) is 1. The third-order valence-corrected chi connectivity index (χ3v) is 3.94. The molecule has 0 radical (unpaired) electrons. The summed E-state index contributed by atoms with van der Waals surface area (Å²) in [4.78, 5) is 18.8. The van der Waals surface area contributed by atoms with Gasteiger partial charge < -0.3 is 20.4 Å². The molecule has 1 rings (SSSR count). The summed E-state index contributed by atoms with van der Waals surface area (Å²) in [6.45, 7) is 3.80. The molecule has 6 nitrogen and oxygen atoms in total. The number of halogens is 4. The molecule has 0 aromatic rings. The first-order chi connectivity index (χ1) is 11.2. The molecule has 1 saturated heterocycles. The first kappa shape index (κ1) is 24.2. The first-order valence-corrected chi connectivity index (χ1v) is 8.25. The summed E-state index contributed by atoms with van der Waals surface area (Å²) in [7, 11) is 2.71. The lowest BCUT2D eigenvalue weighted by molar-refractivity contribution is -0.157. The van der Waals surface area contributed by atoms with Crippen LogP contribution in [0.3, 0.4) is 0 Å². The molecule has 0 bridgehead atoms. The first-order valence-electron chi connectivity index (χ1n) is 8.25. The highest BCUT2D eigenvalue weighted by Gasteiger charge is 2.31. The quantitative estimate of drug-likeness (QED) is 0.346. The Morgan fingerprint density at radius 1 is 1.32 bits per heavy atom. The number of amides is 1. The number of hydrogen-bond donors (Lipinski definition) is 2. The van der Waals surface area contributed by atoms with Crippen LogP contribution in [-0.4, -0.2) is 80.7 Å². The van der Waals surface area contributed by atoms with Crippen LogP contribution in [0.5, 0.6) is 0 Å². The minimum Gasteiger partial charge on any atom is -0.354 e. The number of nitrogens with zero attached hydrogens (tertiary/aromatic N) is 3. The number of rotatable bonds is 6. The molecular weight excluding hydrogens is 450 g/mol. The van der Waals surface area contributed by atoms with Crippen molar-refractivity contribution in [3.05, 3.63) is 0 Å². The van der Waals surface area contributed by atoms with Crippen molar-refractivity contribution in [1.29, 1.82) is 0 Å². The van der Waals surface area contributed by atoms with Crippen molar-refractivity contribution in [3.63, 3.8) is 0 Å². The molecular formula is C15H29F3IN5O. The maximum Gasteiger partial charge on any atom is 0.406 e. The number of aliphatic imine (C=N–C) groups is 1. The molecule has 10 heteroatoms. The summed E-state index contributed by atoms with van der Waals surface area (Å²) in [6, 6.07) is 0.257. The SMILES string of the molecule is CCCN1CCC(NC(=NC)NCC(=O)N(C)CC(F)(F)F)CC1.I. The number of nitrogens with one attached hydrogen (secondary N) is 2. The molecule has 148 valence electrons. The Labute approximate surface area is 164 Å². The van der Waals surface area contributed by atoms with Gasteiger partial charge in [-0.25, -0.2) is 0 Å². The fourth-order valence-corrected chi connectivity index (χ4v) is 2.66. The summed E-state index contributed by atoms with van der Waals surface area (Å²) in [5.74, 6) is -0.189. The van der Waals surface area contributed by atoms with Gasteiger partial charge in [-0.2, -0.15) is 13.2 Å². The van der Waals surface area contributed by atoms with E-state index in [9.17, 15) is 18.0 Å². The highest BCUT2D eigenvalue weighted by Crippen LogP contribution is 2.15. The Kier molecular flexibility index (Phi) is 11.4. The number of guanidine groups is 1. The Hall–Kier alpha value is -0.780. The molecule has 1 fully saturated rings. The van der Waals surface area contributed by atoms with Crippen LogP contribution in [0.1, 0.15) is 26.2 Å². The van der Waals surface area contributed by atoms with Gasteiger partial charge >= 0.3 is 6.18 Å². The number of piperidine rings is 1. The van der Waals surface area contributed by atoms with Crippen LogP contribution in [-0.2, 0) is 4.79 Å². The Balaban J connectivity index is 0.00000576. The molecule has 25 heavy (non-hydrogen) atoms. The monoisotopic (exact) mass is 479 g/mol. The van der Waals surface area contributed by atoms with Gasteiger partial charge in [-0.3, -0.25) is 9.79 Å². The van der Waals surface area contributed by atoms with Gasteiger partial charge in [-0.1, -0.05) is 6.92 Å². The van der Waals surface area contributed by atoms with Crippen molar-refractivity contribution >= 4 is 35.8 Å². The molecule has 0 aromatic carbocycles. The molecule has 0 aromatic heterocycles. The Morgan fingerprint density at radius 2 is 1.92 bits per heavy atom. The smallest absolute Gasteiger partial charge is 0.354 e. The lowest BCUT2D eigenvalue weighted by Gasteiger charge is -2.32. The molecule has 1 amide bonds. The fraction of sp³-hybridized carbons (Fsp3) is 0.867. The van der Waals surface area contributed by atoms with Gasteiger partial charge in [-0.05, 0) is 25.8 Å². The van der Waals surface area contributed by atoms with E-state index in [0.717, 1.165) is 45.9 Å². The van der Waals surface area contributed by atoms with Crippen LogP contribution in [0.25, 0.3) is 0 Å². The second kappa shape index (κ2) is 11.8. The summed E-state index contributed by atoms with van der Waals surface area (Å²) in [5, 5.41) is 6.02. The van der Waals surface area contributed by atoms with Gasteiger partial charge in [0.1, 0.15) is 6.54 Å². The molecule has 2 N–H and O–H groups in total. The lowest BCUT2D eigenvalue weighted by atomic mass is 10.1. The standard InChI is InChI=1S/C15H28F3N5O.HI/c1-4-7-23-8-5-12(6-9-23)21-14(19-2)20-10-13(24)22(3)11-15(16,17)18;/h12H,4-11H2,1-3H3,(H2,19,20,21);1H. The fourth-order valence-electron chi connectivity index (χ4n) is 2.66. The molecule has 1 heterocycles. The maximum atomic E-state index is 12.3. The topological polar surface area (TPSA) is 60.0 Å². The Bertz CT molecular complexity index is 426. The zero-order chi connectivity index (χ0) is 18.2. The van der Waals surface area contributed by atoms with Gasteiger partial charge in [0.15, 0.2) is 5.96 Å². The zero-order valence-corrected chi connectivity index (χ0v) is 17.4. The van der Waals surface area contributed by atoms with E-state index >= 15 is 0 Å². The summed E-state index contributed by atoms with van der Waals surface area (Å²) >= 11 is 0. The van der Waals surface area contributed by atoms with E-state index in [1.807, 2.05) is 0 Å². The van der Waals surface area contributed by atoms with Crippen molar-refractivity contribution < 1.29 is 18.0 Å². The van der Waals surface area contributed by atoms with E-state index in [1.165, 1.54) is 0 Å². The summed E-state index contributed by atoms with van der Waals surface area (Å²) in [6.07, 6.45) is -1.31. The van der Waals surface area contributed by atoms with E-state index < -0.39 is 18.6 Å². The van der Waals surface area contributed by atoms with Gasteiger partial charge in [0.2, 0.25) is 5.91 Å². The average Bonchev–Trinajstić information content (AvgIpc) is 2.51. The van der Waals surface area contributed by atoms with E-state index in [4.69, 9.17) is 0 Å². The van der Waals surface area contributed by atoms with Gasteiger partial charge in [0, 0.05) is 33.2 Å². The largest absolute Gasteiger partial charge is 0.406 e. The lowest BCUT2D eigenvalue weighted by Crippen LogP contribution is -2.51. The molecule has 0 unspecified atom stereocenters. The number of likely N-dealkylation sites (N-methyl/N-ethyl adjacent to an activating group) is 1. The maximum absolute atomic E-state index is 12.3. The second-order valence-electron chi connectivity index (χ2n) is 6.05. The van der Waals surface area contributed by atoms with Crippen LogP contribution in [0.15, 0.2) is 4.99 Å². The number of carbonyl (C=O) groups excluding carboxylic acids is 1.